The molecule has 4 rings (SSSR count). The van der Waals surface area contributed by atoms with Gasteiger partial charge in [-0.15, -0.1) is 0 Å². The molecule has 1 unspecified atom stereocenters. The van der Waals surface area contributed by atoms with Gasteiger partial charge in [0.25, 0.3) is 0 Å². The van der Waals surface area contributed by atoms with E-state index in [-0.39, 0.29) is 12.1 Å². The van der Waals surface area contributed by atoms with Crippen LogP contribution in [0.1, 0.15) is 0 Å². The molecule has 1 heterocycles. The minimum absolute atomic E-state index is 0.0303. The van der Waals surface area contributed by atoms with Gasteiger partial charge in [-0.05, 0) is 0 Å². The van der Waals surface area contributed by atoms with E-state index in [0.29, 0.717) is 6.61 Å². The van der Waals surface area contributed by atoms with Crippen LogP contribution in [0.25, 0.3) is 0 Å². The first-order chi connectivity index (χ1) is 13.5. The van der Waals surface area contributed by atoms with E-state index in [2.05, 4.69) is 113 Å². The van der Waals surface area contributed by atoms with Crippen LogP contribution < -0.4 is 15.9 Å². The molecule has 3 aromatic rings. The number of amides is 1. The first-order valence-corrected chi connectivity index (χ1v) is 14.5. The molecule has 144 valence electrons. The van der Waals surface area contributed by atoms with Crippen LogP contribution in [0.5, 0.6) is 0 Å². The number of rotatable bonds is 5. The van der Waals surface area contributed by atoms with Gasteiger partial charge in [-0.1, -0.05) is 0 Å². The molecular weight excluding hydrogens is 480 g/mol. The van der Waals surface area contributed by atoms with Gasteiger partial charge in [0.05, 0.1) is 0 Å². The predicted octanol–water partition coefficient (Wildman–Crippen LogP) is 4.32. The SMILES string of the molecule is CN1C(=O)OCC1CP(I)(c1ccccc1)(c1ccccc1)c1ccccc1. The van der Waals surface area contributed by atoms with Gasteiger partial charge in [0, 0.05) is 0 Å². The Bertz CT molecular complexity index is 866. The van der Waals surface area contributed by atoms with Crippen molar-refractivity contribution in [3.05, 3.63) is 91.0 Å². The van der Waals surface area contributed by atoms with E-state index in [4.69, 9.17) is 4.74 Å². The zero-order valence-corrected chi connectivity index (χ0v) is 18.8. The fourth-order valence-electron chi connectivity index (χ4n) is 4.08. The van der Waals surface area contributed by atoms with Gasteiger partial charge >= 0.3 is 180 Å². The van der Waals surface area contributed by atoms with E-state index in [0.717, 1.165) is 6.16 Å². The maximum atomic E-state index is 12.1. The molecule has 0 aromatic heterocycles. The molecule has 1 saturated heterocycles. The Morgan fingerprint density at radius 1 is 0.857 bits per heavy atom. The molecule has 0 bridgehead atoms. The van der Waals surface area contributed by atoms with Crippen molar-refractivity contribution in [3.8, 4) is 0 Å². The van der Waals surface area contributed by atoms with E-state index in [1.165, 1.54) is 15.9 Å². The maximum absolute atomic E-state index is 12.1. The number of nitrogens with zero attached hydrogens (tertiary/aromatic N) is 1. The van der Waals surface area contributed by atoms with Gasteiger partial charge in [0.2, 0.25) is 0 Å². The van der Waals surface area contributed by atoms with Crippen molar-refractivity contribution in [2.75, 3.05) is 19.8 Å². The van der Waals surface area contributed by atoms with Gasteiger partial charge < -0.3 is 0 Å². The Balaban J connectivity index is 2.02. The number of carbonyl (C=O) groups excluding carboxylic acids is 1. The summed E-state index contributed by atoms with van der Waals surface area (Å²) in [7, 11) is 1.85. The van der Waals surface area contributed by atoms with Crippen molar-refractivity contribution in [3.63, 3.8) is 0 Å². The van der Waals surface area contributed by atoms with Crippen molar-refractivity contribution in [2.24, 2.45) is 0 Å². The summed E-state index contributed by atoms with van der Waals surface area (Å²) in [5.41, 5.74) is 0. The van der Waals surface area contributed by atoms with E-state index in [1.54, 1.807) is 4.90 Å². The molecule has 1 amide bonds. The molecule has 0 radical (unpaired) electrons. The topological polar surface area (TPSA) is 29.5 Å². The van der Waals surface area contributed by atoms with Crippen LogP contribution in [0.4, 0.5) is 4.79 Å². The third-order valence-corrected chi connectivity index (χ3v) is 17.1. The fraction of sp³-hybridized carbons (Fsp3) is 0.174. The Kier molecular flexibility index (Phi) is 5.19. The van der Waals surface area contributed by atoms with E-state index < -0.39 is 4.25 Å². The Morgan fingerprint density at radius 2 is 1.25 bits per heavy atom. The molecule has 1 aliphatic rings. The van der Waals surface area contributed by atoms with Gasteiger partial charge in [-0.2, -0.15) is 0 Å². The van der Waals surface area contributed by atoms with Gasteiger partial charge in [0.15, 0.2) is 0 Å². The predicted molar refractivity (Wildman–Crippen MR) is 127 cm³/mol. The molecule has 0 aliphatic carbocycles. The van der Waals surface area contributed by atoms with Crippen LogP contribution in [0, 0.1) is 0 Å². The standard InChI is InChI=1S/C23H23INO2P/c1-25-19(17-27-23(25)26)18-28(24,20-11-5-2-6-12-20,21-13-7-3-8-14-21)22-15-9-4-10-16-22/h2-16,19H,17-18H2,1H3. The number of cyclic esters (lactones) is 1. The van der Waals surface area contributed by atoms with E-state index >= 15 is 0 Å². The van der Waals surface area contributed by atoms with Crippen molar-refractivity contribution in [2.45, 2.75) is 6.04 Å². The summed E-state index contributed by atoms with van der Waals surface area (Å²) in [6.07, 6.45) is 0.604. The monoisotopic (exact) mass is 503 g/mol. The molecule has 3 nitrogen and oxygen atoms in total. The van der Waals surface area contributed by atoms with Crippen LogP contribution in [0.2, 0.25) is 0 Å². The zero-order valence-electron chi connectivity index (χ0n) is 15.7. The average molecular weight is 503 g/mol. The molecule has 5 heteroatoms. The third kappa shape index (κ3) is 3.03. The Labute approximate surface area is 179 Å². The number of halogens is 1. The van der Waals surface area contributed by atoms with Crippen molar-refractivity contribution >= 4 is 48.3 Å². The first-order valence-electron chi connectivity index (χ1n) is 9.33. The number of hydrogen-bond donors (Lipinski definition) is 0. The van der Waals surface area contributed by atoms with Crippen LogP contribution in [0.3, 0.4) is 0 Å². The molecule has 1 atom stereocenters. The van der Waals surface area contributed by atoms with Crippen LogP contribution in [-0.2, 0) is 4.74 Å². The van der Waals surface area contributed by atoms with Gasteiger partial charge in [-0.25, -0.2) is 0 Å². The molecule has 0 N–H and O–H groups in total. The average Bonchev–Trinajstić information content (AvgIpc) is 3.07. The number of carbonyl (C=O) groups is 1. The zero-order chi connectivity index (χ0) is 19.6. The van der Waals surface area contributed by atoms with E-state index in [9.17, 15) is 4.79 Å². The van der Waals surface area contributed by atoms with Crippen LogP contribution in [0.15, 0.2) is 91.0 Å². The summed E-state index contributed by atoms with van der Waals surface area (Å²) < 4.78 is 2.50. The molecular formula is C23H23INO2P. The number of benzene rings is 3. The summed E-state index contributed by atoms with van der Waals surface area (Å²) in [6, 6.07) is 32.3. The number of hydrogen-bond acceptors (Lipinski definition) is 2. The summed E-state index contributed by atoms with van der Waals surface area (Å²) in [5.74, 6) is 0. The second kappa shape index (κ2) is 7.49. The van der Waals surface area contributed by atoms with Gasteiger partial charge in [-0.3, -0.25) is 0 Å². The molecule has 0 saturated carbocycles. The molecule has 0 spiro atoms. The second-order valence-corrected chi connectivity index (χ2v) is 17.9. The summed E-state index contributed by atoms with van der Waals surface area (Å²) in [4.78, 5) is 13.9. The van der Waals surface area contributed by atoms with Crippen molar-refractivity contribution in [1.29, 1.82) is 0 Å². The third-order valence-electron chi connectivity index (χ3n) is 5.67. The van der Waals surface area contributed by atoms with Crippen LogP contribution >= 0.6 is 26.3 Å². The first kappa shape index (κ1) is 19.4. The fourth-order valence-corrected chi connectivity index (χ4v) is 13.4. The quantitative estimate of drug-likeness (QED) is 0.384. The molecule has 3 aromatic carbocycles. The summed E-state index contributed by atoms with van der Waals surface area (Å²) in [6.45, 7) is 0.433. The van der Waals surface area contributed by atoms with Gasteiger partial charge in [0.1, 0.15) is 0 Å². The summed E-state index contributed by atoms with van der Waals surface area (Å²) >= 11 is 2.75. The minimum atomic E-state index is -2.88. The normalized spacial score (nSPS) is 18.4. The number of ether oxygens (including phenoxy) is 1. The molecule has 1 aliphatic heterocycles. The summed E-state index contributed by atoms with van der Waals surface area (Å²) in [5, 5.41) is 3.96. The number of likely N-dealkylation sites (N-methyl/N-ethyl adjacent to an activating group) is 1. The second-order valence-electron chi connectivity index (χ2n) is 7.21. The molecule has 1 fully saturated rings. The molecule has 28 heavy (non-hydrogen) atoms. The van der Waals surface area contributed by atoms with Crippen molar-refractivity contribution in [1.82, 2.24) is 4.90 Å². The van der Waals surface area contributed by atoms with Crippen molar-refractivity contribution < 1.29 is 9.53 Å². The Hall–Kier alpha value is -1.91. The Morgan fingerprint density at radius 3 is 1.57 bits per heavy atom. The van der Waals surface area contributed by atoms with E-state index in [1.807, 2.05) is 7.05 Å². The van der Waals surface area contributed by atoms with Crippen LogP contribution in [-0.4, -0.2) is 36.9 Å².